The number of benzene rings is 2. The van der Waals surface area contributed by atoms with Crippen LogP contribution in [0.2, 0.25) is 0 Å². The SMILES string of the molecule is O=C1OC(=CSc2ccccc2)C1Sc1ccccc1. The number of carbonyl (C=O) groups excluding carboxylic acids is 1. The van der Waals surface area contributed by atoms with Crippen molar-refractivity contribution in [3.8, 4) is 0 Å². The minimum Gasteiger partial charge on any atom is -0.427 e. The van der Waals surface area contributed by atoms with Crippen LogP contribution in [0.3, 0.4) is 0 Å². The van der Waals surface area contributed by atoms with Gasteiger partial charge in [0, 0.05) is 15.2 Å². The largest absolute Gasteiger partial charge is 0.427 e. The Balaban J connectivity index is 1.67. The normalized spacial score (nSPS) is 19.5. The van der Waals surface area contributed by atoms with E-state index in [9.17, 15) is 4.79 Å². The first-order chi connectivity index (χ1) is 9.83. The molecule has 100 valence electrons. The first-order valence-corrected chi connectivity index (χ1v) is 7.94. The number of thioether (sulfide) groups is 2. The summed E-state index contributed by atoms with van der Waals surface area (Å²) in [6, 6.07) is 19.9. The van der Waals surface area contributed by atoms with Crippen molar-refractivity contribution < 1.29 is 9.53 Å². The summed E-state index contributed by atoms with van der Waals surface area (Å²) in [5.41, 5.74) is 0. The lowest BCUT2D eigenvalue weighted by molar-refractivity contribution is -0.147. The van der Waals surface area contributed by atoms with E-state index in [-0.39, 0.29) is 11.2 Å². The molecule has 0 spiro atoms. The highest BCUT2D eigenvalue weighted by Crippen LogP contribution is 2.38. The van der Waals surface area contributed by atoms with Gasteiger partial charge >= 0.3 is 5.97 Å². The molecule has 2 nitrogen and oxygen atoms in total. The van der Waals surface area contributed by atoms with Gasteiger partial charge in [0.1, 0.15) is 5.76 Å². The Morgan fingerprint density at radius 2 is 1.50 bits per heavy atom. The Morgan fingerprint density at radius 3 is 2.10 bits per heavy atom. The van der Waals surface area contributed by atoms with E-state index >= 15 is 0 Å². The van der Waals surface area contributed by atoms with Gasteiger partial charge in [-0.25, -0.2) is 4.79 Å². The molecular weight excluding hydrogens is 288 g/mol. The Bertz CT molecular complexity index is 623. The van der Waals surface area contributed by atoms with Crippen molar-refractivity contribution in [2.24, 2.45) is 0 Å². The Kier molecular flexibility index (Phi) is 4.14. The molecule has 1 aliphatic rings. The molecular formula is C16H12O2S2. The fourth-order valence-corrected chi connectivity index (χ4v) is 3.53. The van der Waals surface area contributed by atoms with E-state index in [0.717, 1.165) is 15.6 Å². The summed E-state index contributed by atoms with van der Waals surface area (Å²) >= 11 is 3.09. The van der Waals surface area contributed by atoms with Crippen molar-refractivity contribution in [2.75, 3.05) is 0 Å². The third-order valence-electron chi connectivity index (χ3n) is 2.74. The lowest BCUT2D eigenvalue weighted by Gasteiger charge is -2.27. The molecule has 1 atom stereocenters. The van der Waals surface area contributed by atoms with Gasteiger partial charge in [-0.2, -0.15) is 0 Å². The van der Waals surface area contributed by atoms with Gasteiger partial charge in [0.05, 0.1) is 0 Å². The summed E-state index contributed by atoms with van der Waals surface area (Å²) in [4.78, 5) is 13.8. The molecule has 2 aromatic carbocycles. The molecule has 1 aliphatic heterocycles. The quantitative estimate of drug-likeness (QED) is 0.620. The van der Waals surface area contributed by atoms with Crippen LogP contribution in [0.15, 0.2) is 81.6 Å². The summed E-state index contributed by atoms with van der Waals surface area (Å²) < 4.78 is 5.13. The molecule has 3 rings (SSSR count). The number of ether oxygens (including phenoxy) is 1. The van der Waals surface area contributed by atoms with Crippen molar-refractivity contribution >= 4 is 29.5 Å². The zero-order valence-electron chi connectivity index (χ0n) is 10.6. The number of esters is 1. The van der Waals surface area contributed by atoms with E-state index in [1.165, 1.54) is 11.8 Å². The van der Waals surface area contributed by atoms with Gasteiger partial charge in [0.15, 0.2) is 5.25 Å². The van der Waals surface area contributed by atoms with Crippen LogP contribution in [0.4, 0.5) is 0 Å². The fourth-order valence-electron chi connectivity index (χ4n) is 1.73. The summed E-state index contributed by atoms with van der Waals surface area (Å²) in [7, 11) is 0. The average molecular weight is 300 g/mol. The molecule has 0 saturated carbocycles. The Morgan fingerprint density at radius 1 is 0.900 bits per heavy atom. The summed E-state index contributed by atoms with van der Waals surface area (Å²) in [6.45, 7) is 0. The third-order valence-corrected chi connectivity index (χ3v) is 4.84. The molecule has 2 aromatic rings. The Hall–Kier alpha value is -1.65. The van der Waals surface area contributed by atoms with E-state index in [1.807, 2.05) is 66.1 Å². The maximum Gasteiger partial charge on any atom is 0.332 e. The van der Waals surface area contributed by atoms with Crippen molar-refractivity contribution in [1.82, 2.24) is 0 Å². The summed E-state index contributed by atoms with van der Waals surface area (Å²) in [5.74, 6) is 0.566. The smallest absolute Gasteiger partial charge is 0.332 e. The number of hydrogen-bond acceptors (Lipinski definition) is 4. The van der Waals surface area contributed by atoms with E-state index in [0.29, 0.717) is 0 Å². The van der Waals surface area contributed by atoms with E-state index in [2.05, 4.69) is 0 Å². The standard InChI is InChI=1S/C16H12O2S2/c17-16-15(20-13-9-5-2-6-10-13)14(18-16)11-19-12-7-3-1-4-8-12/h1-11,15H. The zero-order chi connectivity index (χ0) is 13.8. The number of carbonyl (C=O) groups is 1. The predicted octanol–water partition coefficient (Wildman–Crippen LogP) is 4.34. The van der Waals surface area contributed by atoms with Crippen LogP contribution >= 0.6 is 23.5 Å². The predicted molar refractivity (Wildman–Crippen MR) is 82.6 cm³/mol. The summed E-state index contributed by atoms with van der Waals surface area (Å²) in [5, 5.41) is 1.70. The van der Waals surface area contributed by atoms with Gasteiger partial charge in [-0.15, -0.1) is 11.8 Å². The maximum atomic E-state index is 11.6. The second kappa shape index (κ2) is 6.20. The van der Waals surface area contributed by atoms with Gasteiger partial charge in [0.25, 0.3) is 0 Å². The van der Waals surface area contributed by atoms with Gasteiger partial charge in [-0.3, -0.25) is 0 Å². The van der Waals surface area contributed by atoms with Crippen LogP contribution in [0.1, 0.15) is 0 Å². The molecule has 1 saturated heterocycles. The maximum absolute atomic E-state index is 11.6. The minimum absolute atomic E-state index is 0.168. The topological polar surface area (TPSA) is 26.3 Å². The van der Waals surface area contributed by atoms with Crippen LogP contribution in [0.5, 0.6) is 0 Å². The van der Waals surface area contributed by atoms with Crippen LogP contribution in [0, 0.1) is 0 Å². The molecule has 0 radical (unpaired) electrons. The highest BCUT2D eigenvalue weighted by molar-refractivity contribution is 8.02. The number of rotatable bonds is 4. The molecule has 0 aliphatic carbocycles. The van der Waals surface area contributed by atoms with Crippen molar-refractivity contribution in [3.63, 3.8) is 0 Å². The highest BCUT2D eigenvalue weighted by atomic mass is 32.2. The molecule has 20 heavy (non-hydrogen) atoms. The van der Waals surface area contributed by atoms with E-state index in [4.69, 9.17) is 4.74 Å². The molecule has 4 heteroatoms. The fraction of sp³-hybridized carbons (Fsp3) is 0.0625. The van der Waals surface area contributed by atoms with Crippen LogP contribution in [-0.2, 0) is 9.53 Å². The lowest BCUT2D eigenvalue weighted by atomic mass is 10.3. The van der Waals surface area contributed by atoms with Crippen molar-refractivity contribution in [2.45, 2.75) is 15.0 Å². The van der Waals surface area contributed by atoms with Crippen molar-refractivity contribution in [3.05, 3.63) is 71.8 Å². The first kappa shape index (κ1) is 13.3. The minimum atomic E-state index is -0.214. The van der Waals surface area contributed by atoms with Crippen LogP contribution in [-0.4, -0.2) is 11.2 Å². The first-order valence-electron chi connectivity index (χ1n) is 6.18. The monoisotopic (exact) mass is 300 g/mol. The molecule has 1 heterocycles. The second-order valence-corrected chi connectivity index (χ2v) is 6.30. The third kappa shape index (κ3) is 3.08. The van der Waals surface area contributed by atoms with Crippen LogP contribution < -0.4 is 0 Å². The number of cyclic esters (lactones) is 1. The molecule has 0 aromatic heterocycles. The van der Waals surface area contributed by atoms with E-state index in [1.54, 1.807) is 11.8 Å². The zero-order valence-corrected chi connectivity index (χ0v) is 12.2. The van der Waals surface area contributed by atoms with Crippen LogP contribution in [0.25, 0.3) is 0 Å². The number of hydrogen-bond donors (Lipinski definition) is 0. The highest BCUT2D eigenvalue weighted by Gasteiger charge is 2.38. The Labute approximate surface area is 126 Å². The molecule has 0 amide bonds. The lowest BCUT2D eigenvalue weighted by Crippen LogP contribution is -2.34. The van der Waals surface area contributed by atoms with Gasteiger partial charge in [-0.1, -0.05) is 48.2 Å². The molecule has 1 unspecified atom stereocenters. The van der Waals surface area contributed by atoms with Gasteiger partial charge in [0.2, 0.25) is 0 Å². The van der Waals surface area contributed by atoms with Crippen molar-refractivity contribution in [1.29, 1.82) is 0 Å². The van der Waals surface area contributed by atoms with Gasteiger partial charge in [-0.05, 0) is 24.3 Å². The van der Waals surface area contributed by atoms with E-state index < -0.39 is 0 Å². The second-order valence-electron chi connectivity index (χ2n) is 4.18. The molecule has 0 N–H and O–H groups in total. The molecule has 0 bridgehead atoms. The summed E-state index contributed by atoms with van der Waals surface area (Å²) in [6.07, 6.45) is 0. The average Bonchev–Trinajstić information content (AvgIpc) is 2.51. The molecule has 1 fully saturated rings. The van der Waals surface area contributed by atoms with Gasteiger partial charge < -0.3 is 4.74 Å².